The number of oxime groups is 1. The van der Waals surface area contributed by atoms with Crippen LogP contribution in [0.2, 0.25) is 0 Å². The third-order valence-electron chi connectivity index (χ3n) is 2.09. The molecule has 2 unspecified atom stereocenters. The van der Waals surface area contributed by atoms with Gasteiger partial charge in [0.25, 0.3) is 0 Å². The molecular formula is C9H18N4O3. The molecule has 0 aliphatic heterocycles. The van der Waals surface area contributed by atoms with Crippen LogP contribution < -0.4 is 16.8 Å². The lowest BCUT2D eigenvalue weighted by molar-refractivity contribution is -0.124. The number of nitrogens with one attached hydrogen (secondary N) is 1. The first-order chi connectivity index (χ1) is 7.42. The molecule has 0 radical (unpaired) electrons. The lowest BCUT2D eigenvalue weighted by Gasteiger charge is -2.17. The van der Waals surface area contributed by atoms with E-state index in [1.54, 1.807) is 13.8 Å². The van der Waals surface area contributed by atoms with Crippen LogP contribution in [0.4, 0.5) is 0 Å². The molecular weight excluding hydrogens is 212 g/mol. The molecule has 0 bridgehead atoms. The van der Waals surface area contributed by atoms with Crippen molar-refractivity contribution in [2.24, 2.45) is 22.5 Å². The number of hydrogen-bond acceptors (Lipinski definition) is 4. The second kappa shape index (κ2) is 6.65. The summed E-state index contributed by atoms with van der Waals surface area (Å²) in [6.07, 6.45) is 0.462. The monoisotopic (exact) mass is 230 g/mol. The van der Waals surface area contributed by atoms with Crippen LogP contribution in [0, 0.1) is 5.92 Å². The van der Waals surface area contributed by atoms with E-state index >= 15 is 0 Å². The molecule has 0 saturated carbocycles. The third kappa shape index (κ3) is 4.63. The minimum Gasteiger partial charge on any atom is -0.409 e. The summed E-state index contributed by atoms with van der Waals surface area (Å²) in [6, 6.07) is -0.370. The molecule has 7 heteroatoms. The van der Waals surface area contributed by atoms with Gasteiger partial charge in [0.1, 0.15) is 0 Å². The van der Waals surface area contributed by atoms with Crippen LogP contribution in [0.1, 0.15) is 26.7 Å². The molecule has 16 heavy (non-hydrogen) atoms. The molecule has 0 aliphatic carbocycles. The average Bonchev–Trinajstić information content (AvgIpc) is 2.16. The van der Waals surface area contributed by atoms with Gasteiger partial charge >= 0.3 is 0 Å². The van der Waals surface area contributed by atoms with E-state index in [9.17, 15) is 9.59 Å². The Balaban J connectivity index is 4.37. The van der Waals surface area contributed by atoms with E-state index in [2.05, 4.69) is 10.5 Å². The first-order valence-corrected chi connectivity index (χ1v) is 4.98. The Kier molecular flexibility index (Phi) is 5.91. The van der Waals surface area contributed by atoms with Crippen molar-refractivity contribution in [2.45, 2.75) is 32.7 Å². The van der Waals surface area contributed by atoms with E-state index in [0.717, 1.165) is 0 Å². The van der Waals surface area contributed by atoms with Gasteiger partial charge in [-0.1, -0.05) is 12.1 Å². The smallest absolute Gasteiger partial charge is 0.231 e. The Hall–Kier alpha value is -1.79. The van der Waals surface area contributed by atoms with Crippen molar-refractivity contribution >= 4 is 17.6 Å². The molecule has 2 amide bonds. The highest BCUT2D eigenvalue weighted by atomic mass is 16.4. The van der Waals surface area contributed by atoms with Crippen molar-refractivity contribution in [3.05, 3.63) is 0 Å². The molecule has 0 fully saturated rings. The summed E-state index contributed by atoms with van der Waals surface area (Å²) in [5, 5.41) is 13.8. The Morgan fingerprint density at radius 3 is 2.38 bits per heavy atom. The van der Waals surface area contributed by atoms with Gasteiger partial charge in [-0.25, -0.2) is 0 Å². The number of nitrogens with zero attached hydrogens (tertiary/aromatic N) is 1. The maximum atomic E-state index is 11.6. The van der Waals surface area contributed by atoms with Crippen LogP contribution in [-0.2, 0) is 9.59 Å². The SMILES string of the molecule is CCC(C(=O)NC(C)CC(N)=O)C(N)=NO. The van der Waals surface area contributed by atoms with Gasteiger partial charge in [0.05, 0.1) is 5.92 Å². The zero-order chi connectivity index (χ0) is 12.7. The molecule has 0 spiro atoms. The number of rotatable bonds is 6. The van der Waals surface area contributed by atoms with E-state index < -0.39 is 11.8 Å². The fourth-order valence-corrected chi connectivity index (χ4v) is 1.29. The lowest BCUT2D eigenvalue weighted by atomic mass is 10.0. The van der Waals surface area contributed by atoms with E-state index in [1.807, 2.05) is 0 Å². The Labute approximate surface area is 93.9 Å². The summed E-state index contributed by atoms with van der Waals surface area (Å²) in [5.41, 5.74) is 10.3. The predicted molar refractivity (Wildman–Crippen MR) is 58.6 cm³/mol. The average molecular weight is 230 g/mol. The van der Waals surface area contributed by atoms with Gasteiger partial charge in [-0.05, 0) is 13.3 Å². The van der Waals surface area contributed by atoms with Crippen LogP contribution in [0.25, 0.3) is 0 Å². The highest BCUT2D eigenvalue weighted by Gasteiger charge is 2.22. The van der Waals surface area contributed by atoms with Gasteiger partial charge in [0.15, 0.2) is 5.84 Å². The van der Waals surface area contributed by atoms with Gasteiger partial charge in [-0.2, -0.15) is 0 Å². The number of hydrogen-bond donors (Lipinski definition) is 4. The zero-order valence-corrected chi connectivity index (χ0v) is 9.43. The topological polar surface area (TPSA) is 131 Å². The molecule has 0 aromatic rings. The summed E-state index contributed by atoms with van der Waals surface area (Å²) in [6.45, 7) is 3.39. The lowest BCUT2D eigenvalue weighted by Crippen LogP contribution is -2.43. The van der Waals surface area contributed by atoms with Crippen LogP contribution >= 0.6 is 0 Å². The highest BCUT2D eigenvalue weighted by molar-refractivity contribution is 6.02. The first-order valence-electron chi connectivity index (χ1n) is 4.98. The maximum Gasteiger partial charge on any atom is 0.231 e. The fraction of sp³-hybridized carbons (Fsp3) is 0.667. The summed E-state index contributed by atoms with van der Waals surface area (Å²) in [5.74, 6) is -1.72. The fourth-order valence-electron chi connectivity index (χ4n) is 1.29. The normalized spacial score (nSPS) is 15.2. The van der Waals surface area contributed by atoms with Gasteiger partial charge in [-0.15, -0.1) is 0 Å². The van der Waals surface area contributed by atoms with Crippen LogP contribution in [-0.4, -0.2) is 28.9 Å². The Morgan fingerprint density at radius 1 is 1.44 bits per heavy atom. The number of carbonyl (C=O) groups is 2. The molecule has 0 saturated heterocycles. The molecule has 0 aliphatic rings. The van der Waals surface area contributed by atoms with Crippen LogP contribution in [0.15, 0.2) is 5.16 Å². The second-order valence-electron chi connectivity index (χ2n) is 3.57. The standard InChI is InChI=1S/C9H18N4O3/c1-3-6(8(11)13-16)9(15)12-5(2)4-7(10)14/h5-6,16H,3-4H2,1-2H3,(H2,10,14)(H2,11,13)(H,12,15). The van der Waals surface area contributed by atoms with Crippen LogP contribution in [0.3, 0.4) is 0 Å². The molecule has 0 heterocycles. The quantitative estimate of drug-likeness (QED) is 0.204. The molecule has 0 rings (SSSR count). The molecule has 2 atom stereocenters. The molecule has 0 aromatic heterocycles. The molecule has 6 N–H and O–H groups in total. The Morgan fingerprint density at radius 2 is 2.00 bits per heavy atom. The molecule has 0 aromatic carbocycles. The van der Waals surface area contributed by atoms with Crippen LogP contribution in [0.5, 0.6) is 0 Å². The number of amidine groups is 1. The van der Waals surface area contributed by atoms with Crippen molar-refractivity contribution in [1.82, 2.24) is 5.32 Å². The summed E-state index contributed by atoms with van der Waals surface area (Å²) in [4.78, 5) is 22.2. The van der Waals surface area contributed by atoms with E-state index in [4.69, 9.17) is 16.7 Å². The summed E-state index contributed by atoms with van der Waals surface area (Å²) < 4.78 is 0. The minimum atomic E-state index is -0.694. The summed E-state index contributed by atoms with van der Waals surface area (Å²) in [7, 11) is 0. The first kappa shape index (κ1) is 14.2. The van der Waals surface area contributed by atoms with Gasteiger partial charge in [-0.3, -0.25) is 9.59 Å². The molecule has 92 valence electrons. The zero-order valence-electron chi connectivity index (χ0n) is 9.43. The van der Waals surface area contributed by atoms with E-state index in [0.29, 0.717) is 6.42 Å². The number of amides is 2. The molecule has 7 nitrogen and oxygen atoms in total. The van der Waals surface area contributed by atoms with Gasteiger partial charge in [0, 0.05) is 12.5 Å². The predicted octanol–water partition coefficient (Wildman–Crippen LogP) is -0.861. The van der Waals surface area contributed by atoms with Crippen molar-refractivity contribution in [3.8, 4) is 0 Å². The van der Waals surface area contributed by atoms with Gasteiger partial charge in [0.2, 0.25) is 11.8 Å². The van der Waals surface area contributed by atoms with Crippen molar-refractivity contribution in [3.63, 3.8) is 0 Å². The summed E-state index contributed by atoms with van der Waals surface area (Å²) >= 11 is 0. The van der Waals surface area contributed by atoms with Crippen molar-refractivity contribution in [1.29, 1.82) is 0 Å². The van der Waals surface area contributed by atoms with Crippen molar-refractivity contribution in [2.75, 3.05) is 0 Å². The van der Waals surface area contributed by atoms with Gasteiger partial charge < -0.3 is 22.0 Å². The second-order valence-corrected chi connectivity index (χ2v) is 3.57. The number of carbonyl (C=O) groups excluding carboxylic acids is 2. The maximum absolute atomic E-state index is 11.6. The van der Waals surface area contributed by atoms with E-state index in [-0.39, 0.29) is 24.2 Å². The Bertz CT molecular complexity index is 290. The van der Waals surface area contributed by atoms with E-state index in [1.165, 1.54) is 0 Å². The minimum absolute atomic E-state index is 0.0539. The number of primary amides is 1. The number of nitrogens with two attached hydrogens (primary N) is 2. The third-order valence-corrected chi connectivity index (χ3v) is 2.09. The van der Waals surface area contributed by atoms with Crippen molar-refractivity contribution < 1.29 is 14.8 Å². The highest BCUT2D eigenvalue weighted by Crippen LogP contribution is 2.04. The largest absolute Gasteiger partial charge is 0.409 e.